The third-order valence-electron chi connectivity index (χ3n) is 2.14. The number of benzene rings is 1. The molecule has 18 heavy (non-hydrogen) atoms. The molecule has 98 valence electrons. The minimum atomic E-state index is -1.66. The quantitative estimate of drug-likeness (QED) is 0.599. The molecule has 1 atom stereocenters. The van der Waals surface area contributed by atoms with Crippen LogP contribution >= 0.6 is 0 Å². The fourth-order valence-electron chi connectivity index (χ4n) is 1.16. The summed E-state index contributed by atoms with van der Waals surface area (Å²) in [5, 5.41) is 21.8. The lowest BCUT2D eigenvalue weighted by molar-refractivity contribution is -0.146. The second-order valence-corrected chi connectivity index (χ2v) is 3.51. The smallest absolute Gasteiger partial charge is 0.334 e. The molecule has 6 nitrogen and oxygen atoms in total. The van der Waals surface area contributed by atoms with Crippen LogP contribution in [-0.4, -0.2) is 34.9 Å². The molecular formula is C11H13FN2O4. The van der Waals surface area contributed by atoms with E-state index in [9.17, 15) is 14.0 Å². The van der Waals surface area contributed by atoms with Crippen molar-refractivity contribution < 1.29 is 24.2 Å². The molecule has 1 aromatic rings. The molecule has 0 bridgehead atoms. The molecule has 0 aliphatic heterocycles. The third kappa shape index (κ3) is 4.38. The van der Waals surface area contributed by atoms with Gasteiger partial charge < -0.3 is 20.8 Å². The lowest BCUT2D eigenvalue weighted by Crippen LogP contribution is -2.41. The van der Waals surface area contributed by atoms with Gasteiger partial charge in [0.2, 0.25) is 0 Å². The van der Waals surface area contributed by atoms with Gasteiger partial charge in [0.15, 0.2) is 6.10 Å². The molecule has 0 saturated heterocycles. The van der Waals surface area contributed by atoms with Crippen molar-refractivity contribution in [3.63, 3.8) is 0 Å². The number of aliphatic hydroxyl groups excluding tert-OH is 1. The van der Waals surface area contributed by atoms with Crippen LogP contribution in [0.4, 0.5) is 9.18 Å². The van der Waals surface area contributed by atoms with Gasteiger partial charge in [-0.1, -0.05) is 18.2 Å². The van der Waals surface area contributed by atoms with Crippen LogP contribution in [0, 0.1) is 5.82 Å². The molecule has 7 heteroatoms. The first-order valence-electron chi connectivity index (χ1n) is 5.16. The van der Waals surface area contributed by atoms with Crippen LogP contribution in [0.1, 0.15) is 5.56 Å². The Morgan fingerprint density at radius 1 is 1.28 bits per heavy atom. The summed E-state index contributed by atoms with van der Waals surface area (Å²) in [5.74, 6) is -1.87. The van der Waals surface area contributed by atoms with Crippen molar-refractivity contribution in [2.24, 2.45) is 0 Å². The average Bonchev–Trinajstić information content (AvgIpc) is 2.34. The highest BCUT2D eigenvalue weighted by Crippen LogP contribution is 2.05. The zero-order chi connectivity index (χ0) is 13.5. The van der Waals surface area contributed by atoms with E-state index in [4.69, 9.17) is 10.2 Å². The molecule has 0 aliphatic rings. The first kappa shape index (κ1) is 13.9. The minimum absolute atomic E-state index is 0.0261. The molecule has 1 unspecified atom stereocenters. The highest BCUT2D eigenvalue weighted by Gasteiger charge is 2.13. The number of urea groups is 1. The summed E-state index contributed by atoms with van der Waals surface area (Å²) in [6.07, 6.45) is -1.66. The maximum atomic E-state index is 13.2. The van der Waals surface area contributed by atoms with E-state index in [1.54, 1.807) is 6.07 Å². The van der Waals surface area contributed by atoms with E-state index in [1.165, 1.54) is 18.2 Å². The Labute approximate surface area is 102 Å². The number of halogens is 1. The summed E-state index contributed by atoms with van der Waals surface area (Å²) in [7, 11) is 0. The van der Waals surface area contributed by atoms with Gasteiger partial charge in [0.1, 0.15) is 5.82 Å². The normalized spacial score (nSPS) is 11.7. The zero-order valence-corrected chi connectivity index (χ0v) is 9.39. The Kier molecular flexibility index (Phi) is 5.06. The summed E-state index contributed by atoms with van der Waals surface area (Å²) >= 11 is 0. The van der Waals surface area contributed by atoms with Gasteiger partial charge in [0.05, 0.1) is 6.54 Å². The van der Waals surface area contributed by atoms with E-state index >= 15 is 0 Å². The number of carboxylic acid groups (broad SMARTS) is 1. The number of aliphatic hydroxyl groups is 1. The van der Waals surface area contributed by atoms with Crippen LogP contribution in [0.15, 0.2) is 24.3 Å². The minimum Gasteiger partial charge on any atom is -0.479 e. The van der Waals surface area contributed by atoms with E-state index in [2.05, 4.69) is 10.6 Å². The second-order valence-electron chi connectivity index (χ2n) is 3.51. The molecule has 0 spiro atoms. The zero-order valence-electron chi connectivity index (χ0n) is 9.39. The van der Waals surface area contributed by atoms with Crippen molar-refractivity contribution in [1.29, 1.82) is 0 Å². The van der Waals surface area contributed by atoms with Crippen molar-refractivity contribution in [1.82, 2.24) is 10.6 Å². The van der Waals surface area contributed by atoms with E-state index in [1.807, 2.05) is 0 Å². The van der Waals surface area contributed by atoms with Crippen LogP contribution in [-0.2, 0) is 11.3 Å². The van der Waals surface area contributed by atoms with Crippen LogP contribution in [0.3, 0.4) is 0 Å². The van der Waals surface area contributed by atoms with E-state index in [-0.39, 0.29) is 6.54 Å². The maximum absolute atomic E-state index is 13.2. The van der Waals surface area contributed by atoms with Crippen molar-refractivity contribution in [3.05, 3.63) is 35.6 Å². The lowest BCUT2D eigenvalue weighted by Gasteiger charge is -2.09. The molecule has 0 radical (unpaired) electrons. The molecule has 2 amide bonds. The number of hydrogen-bond donors (Lipinski definition) is 4. The predicted octanol–water partition coefficient (Wildman–Crippen LogP) is 0.0704. The van der Waals surface area contributed by atoms with Crippen molar-refractivity contribution >= 4 is 12.0 Å². The topological polar surface area (TPSA) is 98.7 Å². The van der Waals surface area contributed by atoms with Gasteiger partial charge in [-0.15, -0.1) is 0 Å². The molecule has 0 saturated carbocycles. The molecule has 0 heterocycles. The standard InChI is InChI=1S/C11H13FN2O4/c12-8-4-2-1-3-7(8)5-13-11(18)14-6-9(15)10(16)17/h1-4,9,15H,5-6H2,(H,16,17)(H2,13,14,18). The summed E-state index contributed by atoms with van der Waals surface area (Å²) in [4.78, 5) is 21.5. The van der Waals surface area contributed by atoms with Crippen LogP contribution < -0.4 is 10.6 Å². The highest BCUT2D eigenvalue weighted by atomic mass is 19.1. The van der Waals surface area contributed by atoms with Gasteiger partial charge >= 0.3 is 12.0 Å². The Morgan fingerprint density at radius 2 is 1.94 bits per heavy atom. The monoisotopic (exact) mass is 256 g/mol. The summed E-state index contributed by atoms with van der Waals surface area (Å²) in [6, 6.07) is 5.26. The third-order valence-corrected chi connectivity index (χ3v) is 2.14. The van der Waals surface area contributed by atoms with Gasteiger partial charge in [-0.05, 0) is 6.07 Å². The first-order valence-corrected chi connectivity index (χ1v) is 5.16. The Balaban J connectivity index is 2.34. The molecule has 0 aliphatic carbocycles. The lowest BCUT2D eigenvalue weighted by atomic mass is 10.2. The van der Waals surface area contributed by atoms with E-state index in [0.717, 1.165) is 0 Å². The summed E-state index contributed by atoms with van der Waals surface area (Å²) in [6.45, 7) is -0.444. The van der Waals surface area contributed by atoms with Crippen LogP contribution in [0.5, 0.6) is 0 Å². The van der Waals surface area contributed by atoms with Crippen molar-refractivity contribution in [2.75, 3.05) is 6.54 Å². The number of amides is 2. The van der Waals surface area contributed by atoms with Crippen molar-refractivity contribution in [3.8, 4) is 0 Å². The number of carbonyl (C=O) groups is 2. The van der Waals surface area contributed by atoms with E-state index < -0.39 is 30.5 Å². The predicted molar refractivity (Wildman–Crippen MR) is 60.3 cm³/mol. The number of carboxylic acids is 1. The number of nitrogens with one attached hydrogen (secondary N) is 2. The van der Waals surface area contributed by atoms with Gasteiger partial charge in [-0.2, -0.15) is 0 Å². The maximum Gasteiger partial charge on any atom is 0.334 e. The number of carbonyl (C=O) groups excluding carboxylic acids is 1. The van der Waals surface area contributed by atoms with E-state index in [0.29, 0.717) is 5.56 Å². The van der Waals surface area contributed by atoms with Gasteiger partial charge in [-0.25, -0.2) is 14.0 Å². The second kappa shape index (κ2) is 6.55. The summed E-state index contributed by atoms with van der Waals surface area (Å²) < 4.78 is 13.2. The molecule has 1 rings (SSSR count). The number of aliphatic carboxylic acids is 1. The van der Waals surface area contributed by atoms with Gasteiger partial charge in [0.25, 0.3) is 0 Å². The Morgan fingerprint density at radius 3 is 2.56 bits per heavy atom. The number of rotatable bonds is 5. The van der Waals surface area contributed by atoms with Crippen LogP contribution in [0.25, 0.3) is 0 Å². The SMILES string of the molecule is O=C(NCc1ccccc1F)NCC(O)C(=O)O. The largest absolute Gasteiger partial charge is 0.479 e. The first-order chi connectivity index (χ1) is 8.50. The molecule has 0 aromatic heterocycles. The Bertz CT molecular complexity index is 439. The van der Waals surface area contributed by atoms with Gasteiger partial charge in [-0.3, -0.25) is 0 Å². The fraction of sp³-hybridized carbons (Fsp3) is 0.273. The van der Waals surface area contributed by atoms with Gasteiger partial charge in [0, 0.05) is 12.1 Å². The fourth-order valence-corrected chi connectivity index (χ4v) is 1.16. The average molecular weight is 256 g/mol. The molecular weight excluding hydrogens is 243 g/mol. The summed E-state index contributed by atoms with van der Waals surface area (Å²) in [5.41, 5.74) is 0.312. The molecule has 0 fully saturated rings. The Hall–Kier alpha value is -2.15. The highest BCUT2D eigenvalue weighted by molar-refractivity contribution is 5.76. The number of hydrogen-bond acceptors (Lipinski definition) is 3. The molecule has 4 N–H and O–H groups in total. The van der Waals surface area contributed by atoms with Crippen molar-refractivity contribution in [2.45, 2.75) is 12.6 Å². The molecule has 1 aromatic carbocycles. The van der Waals surface area contributed by atoms with Crippen LogP contribution in [0.2, 0.25) is 0 Å².